The van der Waals surface area contributed by atoms with Crippen molar-refractivity contribution in [3.8, 4) is 11.8 Å². The van der Waals surface area contributed by atoms with Gasteiger partial charge in [-0.05, 0) is 48.2 Å². The van der Waals surface area contributed by atoms with Crippen LogP contribution < -0.4 is 4.74 Å². The molecule has 21 heavy (non-hydrogen) atoms. The molecule has 0 spiro atoms. The number of methoxy groups -OCH3 is 1. The van der Waals surface area contributed by atoms with Crippen LogP contribution in [0.5, 0.6) is 5.75 Å². The second kappa shape index (κ2) is 5.34. The van der Waals surface area contributed by atoms with Crippen molar-refractivity contribution in [2.24, 2.45) is 0 Å². The van der Waals surface area contributed by atoms with E-state index in [0.717, 1.165) is 12.1 Å². The molecule has 3 aromatic rings. The molecule has 3 nitrogen and oxygen atoms in total. The van der Waals surface area contributed by atoms with Gasteiger partial charge in [-0.3, -0.25) is 0 Å². The highest BCUT2D eigenvalue weighted by Crippen LogP contribution is 2.22. The Morgan fingerprint density at radius 1 is 1.14 bits per heavy atom. The van der Waals surface area contributed by atoms with Crippen LogP contribution in [0.2, 0.25) is 0 Å². The summed E-state index contributed by atoms with van der Waals surface area (Å²) in [4.78, 5) is 0. The first kappa shape index (κ1) is 13.3. The van der Waals surface area contributed by atoms with Crippen LogP contribution in [0.3, 0.4) is 0 Å². The molecule has 1 heterocycles. The molecule has 104 valence electrons. The summed E-state index contributed by atoms with van der Waals surface area (Å²) in [6, 6.07) is 16.4. The molecule has 0 bridgehead atoms. The lowest BCUT2D eigenvalue weighted by Crippen LogP contribution is -1.99. The summed E-state index contributed by atoms with van der Waals surface area (Å²) < 4.78 is 7.47. The van der Waals surface area contributed by atoms with E-state index in [9.17, 15) is 0 Å². The predicted molar refractivity (Wildman–Crippen MR) is 83.5 cm³/mol. The second-order valence-electron chi connectivity index (χ2n) is 5.15. The fraction of sp³-hybridized carbons (Fsp3) is 0.167. The summed E-state index contributed by atoms with van der Waals surface area (Å²) in [5, 5.41) is 10.3. The molecule has 0 amide bonds. The third-order valence-electron chi connectivity index (χ3n) is 3.67. The summed E-state index contributed by atoms with van der Waals surface area (Å²) in [5.74, 6) is 0.627. The molecule has 3 rings (SSSR count). The summed E-state index contributed by atoms with van der Waals surface area (Å²) in [5.41, 5.74) is 4.15. The summed E-state index contributed by atoms with van der Waals surface area (Å²) >= 11 is 0. The van der Waals surface area contributed by atoms with Crippen molar-refractivity contribution in [3.63, 3.8) is 0 Å². The third kappa shape index (κ3) is 2.48. The number of aromatic nitrogens is 1. The Balaban J connectivity index is 1.97. The van der Waals surface area contributed by atoms with E-state index in [4.69, 9.17) is 10.00 Å². The molecule has 0 saturated carbocycles. The van der Waals surface area contributed by atoms with E-state index in [1.807, 2.05) is 18.2 Å². The van der Waals surface area contributed by atoms with Gasteiger partial charge < -0.3 is 9.30 Å². The molecular weight excluding hydrogens is 260 g/mol. The van der Waals surface area contributed by atoms with Crippen LogP contribution in [-0.4, -0.2) is 11.7 Å². The molecule has 0 radical (unpaired) electrons. The number of hydrogen-bond donors (Lipinski definition) is 0. The van der Waals surface area contributed by atoms with E-state index >= 15 is 0 Å². The van der Waals surface area contributed by atoms with Gasteiger partial charge in [0.2, 0.25) is 0 Å². The van der Waals surface area contributed by atoms with Crippen molar-refractivity contribution in [1.29, 1.82) is 5.26 Å². The van der Waals surface area contributed by atoms with Crippen molar-refractivity contribution in [2.75, 3.05) is 7.11 Å². The van der Waals surface area contributed by atoms with Gasteiger partial charge in [0.25, 0.3) is 0 Å². The number of nitriles is 1. The van der Waals surface area contributed by atoms with Crippen LogP contribution in [0.1, 0.15) is 16.7 Å². The first-order valence-electron chi connectivity index (χ1n) is 6.84. The van der Waals surface area contributed by atoms with E-state index in [2.05, 4.69) is 48.0 Å². The Bertz CT molecular complexity index is 840. The van der Waals surface area contributed by atoms with Gasteiger partial charge in [-0.2, -0.15) is 5.26 Å². The van der Waals surface area contributed by atoms with Crippen molar-refractivity contribution >= 4 is 10.9 Å². The van der Waals surface area contributed by atoms with Crippen LogP contribution in [0.25, 0.3) is 10.9 Å². The van der Waals surface area contributed by atoms with E-state index < -0.39 is 0 Å². The summed E-state index contributed by atoms with van der Waals surface area (Å²) in [6.07, 6.45) is 2.09. The molecule has 0 N–H and O–H groups in total. The van der Waals surface area contributed by atoms with E-state index in [0.29, 0.717) is 11.3 Å². The van der Waals surface area contributed by atoms with E-state index in [1.165, 1.54) is 16.5 Å². The average molecular weight is 276 g/mol. The molecular formula is C18H16N2O. The lowest BCUT2D eigenvalue weighted by Gasteiger charge is -2.09. The Kier molecular flexibility index (Phi) is 3.37. The number of rotatable bonds is 3. The third-order valence-corrected chi connectivity index (χ3v) is 3.67. The van der Waals surface area contributed by atoms with Crippen LogP contribution >= 0.6 is 0 Å². The van der Waals surface area contributed by atoms with Crippen molar-refractivity contribution in [1.82, 2.24) is 4.57 Å². The zero-order chi connectivity index (χ0) is 14.8. The fourth-order valence-electron chi connectivity index (χ4n) is 2.58. The SMILES string of the molecule is COc1cc(Cn2ccc3cc(C)ccc32)ccc1C#N. The molecule has 1 aromatic heterocycles. The van der Waals surface area contributed by atoms with Crippen LogP contribution in [-0.2, 0) is 6.54 Å². The standard InChI is InChI=1S/C18H16N2O/c1-13-3-6-17-15(9-13)7-8-20(17)12-14-4-5-16(11-19)18(10-14)21-2/h3-10H,12H2,1-2H3. The molecule has 0 atom stereocenters. The van der Waals surface area contributed by atoms with Gasteiger partial charge in [0, 0.05) is 18.3 Å². The molecule has 0 aliphatic carbocycles. The Morgan fingerprint density at radius 2 is 2.00 bits per heavy atom. The Labute approximate surface area is 124 Å². The van der Waals surface area contributed by atoms with E-state index in [-0.39, 0.29) is 0 Å². The maximum absolute atomic E-state index is 9.03. The number of aryl methyl sites for hydroxylation is 1. The summed E-state index contributed by atoms with van der Waals surface area (Å²) in [6.45, 7) is 2.86. The maximum Gasteiger partial charge on any atom is 0.136 e. The van der Waals surface area contributed by atoms with Gasteiger partial charge in [-0.1, -0.05) is 17.7 Å². The minimum Gasteiger partial charge on any atom is -0.495 e. The maximum atomic E-state index is 9.03. The number of fused-ring (bicyclic) bond motifs is 1. The van der Waals surface area contributed by atoms with Crippen molar-refractivity contribution < 1.29 is 4.74 Å². The van der Waals surface area contributed by atoms with Gasteiger partial charge >= 0.3 is 0 Å². The lowest BCUT2D eigenvalue weighted by atomic mass is 10.1. The highest BCUT2D eigenvalue weighted by Gasteiger charge is 2.06. The van der Waals surface area contributed by atoms with Crippen molar-refractivity contribution in [3.05, 3.63) is 65.4 Å². The predicted octanol–water partition coefficient (Wildman–Crippen LogP) is 3.88. The molecule has 0 saturated heterocycles. The smallest absolute Gasteiger partial charge is 0.136 e. The number of hydrogen-bond acceptors (Lipinski definition) is 2. The minimum atomic E-state index is 0.564. The number of nitrogens with zero attached hydrogens (tertiary/aromatic N) is 2. The minimum absolute atomic E-state index is 0.564. The van der Waals surface area contributed by atoms with Crippen molar-refractivity contribution in [2.45, 2.75) is 13.5 Å². The quantitative estimate of drug-likeness (QED) is 0.728. The molecule has 0 fully saturated rings. The van der Waals surface area contributed by atoms with Crippen LogP contribution in [0.15, 0.2) is 48.7 Å². The first-order valence-corrected chi connectivity index (χ1v) is 6.84. The van der Waals surface area contributed by atoms with Gasteiger partial charge in [-0.25, -0.2) is 0 Å². The fourth-order valence-corrected chi connectivity index (χ4v) is 2.58. The number of ether oxygens (including phenoxy) is 1. The van der Waals surface area contributed by atoms with Crippen LogP contribution in [0.4, 0.5) is 0 Å². The highest BCUT2D eigenvalue weighted by atomic mass is 16.5. The molecule has 2 aromatic carbocycles. The first-order chi connectivity index (χ1) is 10.2. The normalized spacial score (nSPS) is 10.5. The highest BCUT2D eigenvalue weighted by molar-refractivity contribution is 5.80. The molecule has 3 heteroatoms. The zero-order valence-corrected chi connectivity index (χ0v) is 12.1. The van der Waals surface area contributed by atoms with Gasteiger partial charge in [-0.15, -0.1) is 0 Å². The van der Waals surface area contributed by atoms with Gasteiger partial charge in [0.15, 0.2) is 0 Å². The van der Waals surface area contributed by atoms with E-state index in [1.54, 1.807) is 7.11 Å². The lowest BCUT2D eigenvalue weighted by molar-refractivity contribution is 0.413. The average Bonchev–Trinajstić information content (AvgIpc) is 2.89. The number of benzene rings is 2. The van der Waals surface area contributed by atoms with Gasteiger partial charge in [0.1, 0.15) is 11.8 Å². The van der Waals surface area contributed by atoms with Crippen LogP contribution in [0, 0.1) is 18.3 Å². The zero-order valence-electron chi connectivity index (χ0n) is 12.1. The monoisotopic (exact) mass is 276 g/mol. The van der Waals surface area contributed by atoms with Gasteiger partial charge in [0.05, 0.1) is 12.7 Å². The molecule has 0 aliphatic heterocycles. The second-order valence-corrected chi connectivity index (χ2v) is 5.15. The molecule has 0 unspecified atom stereocenters. The topological polar surface area (TPSA) is 38.0 Å². The summed E-state index contributed by atoms with van der Waals surface area (Å²) in [7, 11) is 1.59. The molecule has 0 aliphatic rings. The Morgan fingerprint density at radius 3 is 2.76 bits per heavy atom. The Hall–Kier alpha value is -2.73. The largest absolute Gasteiger partial charge is 0.495 e.